The van der Waals surface area contributed by atoms with Crippen LogP contribution in [0, 0.1) is 5.41 Å². The smallest absolute Gasteiger partial charge is 0.0621 e. The molecule has 0 radical (unpaired) electrons. The van der Waals surface area contributed by atoms with Gasteiger partial charge < -0.3 is 15.3 Å². The third-order valence-electron chi connectivity index (χ3n) is 5.43. The minimum absolute atomic E-state index is 0.00768. The Balaban J connectivity index is 1.53. The zero-order valence-electron chi connectivity index (χ0n) is 13.3. The Hall–Kier alpha value is -1.06. The quantitative estimate of drug-likeness (QED) is 0.894. The average molecular weight is 288 g/mol. The first kappa shape index (κ1) is 14.9. The highest BCUT2D eigenvalue weighted by molar-refractivity contribution is 5.47. The van der Waals surface area contributed by atoms with E-state index in [1.807, 2.05) is 0 Å². The Morgan fingerprint density at radius 2 is 1.81 bits per heavy atom. The van der Waals surface area contributed by atoms with Gasteiger partial charge in [-0.05, 0) is 43.4 Å². The van der Waals surface area contributed by atoms with E-state index in [1.54, 1.807) is 0 Å². The fourth-order valence-electron chi connectivity index (χ4n) is 3.47. The first-order valence-corrected chi connectivity index (χ1v) is 8.33. The Kier molecular flexibility index (Phi) is 4.23. The molecule has 2 unspecified atom stereocenters. The Labute approximate surface area is 128 Å². The lowest BCUT2D eigenvalue weighted by Crippen LogP contribution is -2.59. The average Bonchev–Trinajstić information content (AvgIpc) is 2.52. The number of piperidine rings is 1. The highest BCUT2D eigenvalue weighted by atomic mass is 16.3. The van der Waals surface area contributed by atoms with Crippen molar-refractivity contribution in [3.05, 3.63) is 29.8 Å². The minimum Gasteiger partial charge on any atom is -0.392 e. The fraction of sp³-hybridized carbons (Fsp3) is 0.667. The molecular formula is C18H28N2O. The number of nitrogens with one attached hydrogen (secondary N) is 1. The molecule has 2 aliphatic rings. The fourth-order valence-corrected chi connectivity index (χ4v) is 3.47. The molecule has 116 valence electrons. The summed E-state index contributed by atoms with van der Waals surface area (Å²) in [7, 11) is 0. The van der Waals surface area contributed by atoms with Crippen molar-refractivity contribution < 1.29 is 5.11 Å². The highest BCUT2D eigenvalue weighted by Gasteiger charge is 2.46. The number of benzene rings is 1. The van der Waals surface area contributed by atoms with Crippen molar-refractivity contribution in [1.82, 2.24) is 5.32 Å². The van der Waals surface area contributed by atoms with Crippen LogP contribution < -0.4 is 10.2 Å². The molecule has 3 heteroatoms. The molecule has 1 saturated carbocycles. The Bertz CT molecular complexity index is 463. The number of aliphatic hydroxyl groups excluding tert-OH is 1. The second-order valence-electron chi connectivity index (χ2n) is 7.22. The van der Waals surface area contributed by atoms with E-state index in [0.717, 1.165) is 13.0 Å². The molecule has 0 aromatic heterocycles. The van der Waals surface area contributed by atoms with Gasteiger partial charge in [0.25, 0.3) is 0 Å². The van der Waals surface area contributed by atoms with Crippen LogP contribution in [0.5, 0.6) is 0 Å². The molecule has 0 spiro atoms. The van der Waals surface area contributed by atoms with Crippen LogP contribution >= 0.6 is 0 Å². The first-order chi connectivity index (χ1) is 10.1. The maximum atomic E-state index is 9.78. The second kappa shape index (κ2) is 5.98. The van der Waals surface area contributed by atoms with Crippen molar-refractivity contribution in [3.8, 4) is 0 Å². The zero-order chi connectivity index (χ0) is 14.9. The minimum atomic E-state index is -0.156. The van der Waals surface area contributed by atoms with Crippen LogP contribution in [-0.2, 0) is 6.54 Å². The van der Waals surface area contributed by atoms with E-state index in [9.17, 15) is 5.11 Å². The Morgan fingerprint density at radius 1 is 1.14 bits per heavy atom. The summed E-state index contributed by atoms with van der Waals surface area (Å²) < 4.78 is 0. The molecule has 1 aromatic carbocycles. The van der Waals surface area contributed by atoms with Crippen LogP contribution in [-0.4, -0.2) is 30.3 Å². The van der Waals surface area contributed by atoms with Crippen LogP contribution in [0.3, 0.4) is 0 Å². The van der Waals surface area contributed by atoms with Gasteiger partial charge in [0.05, 0.1) is 6.10 Å². The molecule has 2 atom stereocenters. The molecule has 1 saturated heterocycles. The largest absolute Gasteiger partial charge is 0.392 e. The van der Waals surface area contributed by atoms with Gasteiger partial charge in [-0.3, -0.25) is 0 Å². The summed E-state index contributed by atoms with van der Waals surface area (Å²) in [6.07, 6.45) is 4.74. The van der Waals surface area contributed by atoms with Gasteiger partial charge in [0.2, 0.25) is 0 Å². The van der Waals surface area contributed by atoms with E-state index in [0.29, 0.717) is 6.04 Å². The van der Waals surface area contributed by atoms with Gasteiger partial charge in [-0.15, -0.1) is 0 Å². The van der Waals surface area contributed by atoms with Crippen molar-refractivity contribution in [2.75, 3.05) is 18.0 Å². The summed E-state index contributed by atoms with van der Waals surface area (Å²) in [5, 5.41) is 13.4. The molecule has 2 fully saturated rings. The number of anilines is 1. The van der Waals surface area contributed by atoms with E-state index in [1.165, 1.54) is 43.6 Å². The normalized spacial score (nSPS) is 28.2. The highest BCUT2D eigenvalue weighted by Crippen LogP contribution is 2.40. The van der Waals surface area contributed by atoms with Crippen molar-refractivity contribution in [2.24, 2.45) is 5.41 Å². The molecule has 1 aromatic rings. The second-order valence-corrected chi connectivity index (χ2v) is 7.22. The predicted octanol–water partition coefficient (Wildman–Crippen LogP) is 2.93. The summed E-state index contributed by atoms with van der Waals surface area (Å²) in [4.78, 5) is 2.49. The molecule has 1 heterocycles. The van der Waals surface area contributed by atoms with Crippen LogP contribution in [0.1, 0.15) is 45.1 Å². The monoisotopic (exact) mass is 288 g/mol. The van der Waals surface area contributed by atoms with Crippen molar-refractivity contribution in [1.29, 1.82) is 0 Å². The van der Waals surface area contributed by atoms with Crippen LogP contribution in [0.25, 0.3) is 0 Å². The molecule has 1 aliphatic heterocycles. The molecule has 0 bridgehead atoms. The summed E-state index contributed by atoms with van der Waals surface area (Å²) in [5.74, 6) is 0. The van der Waals surface area contributed by atoms with Gasteiger partial charge >= 0.3 is 0 Å². The number of aliphatic hydroxyl groups is 1. The van der Waals surface area contributed by atoms with E-state index < -0.39 is 0 Å². The SMILES string of the molecule is CC1(C)C(O)CC1NCc1ccc(N2CCCCC2)cc1. The maximum Gasteiger partial charge on any atom is 0.0621 e. The van der Waals surface area contributed by atoms with Gasteiger partial charge in [0.1, 0.15) is 0 Å². The molecule has 3 nitrogen and oxygen atoms in total. The van der Waals surface area contributed by atoms with Gasteiger partial charge in [0, 0.05) is 36.8 Å². The number of hydrogen-bond donors (Lipinski definition) is 2. The summed E-state index contributed by atoms with van der Waals surface area (Å²) in [5.41, 5.74) is 2.69. The van der Waals surface area contributed by atoms with E-state index >= 15 is 0 Å². The lowest BCUT2D eigenvalue weighted by molar-refractivity contribution is -0.0729. The third kappa shape index (κ3) is 3.09. The van der Waals surface area contributed by atoms with E-state index in [-0.39, 0.29) is 11.5 Å². The van der Waals surface area contributed by atoms with E-state index in [4.69, 9.17) is 0 Å². The summed E-state index contributed by atoms with van der Waals surface area (Å²) in [6.45, 7) is 7.56. The van der Waals surface area contributed by atoms with Gasteiger partial charge in [-0.2, -0.15) is 0 Å². The molecule has 0 amide bonds. The molecule has 3 rings (SSSR count). The number of hydrogen-bond acceptors (Lipinski definition) is 3. The zero-order valence-corrected chi connectivity index (χ0v) is 13.3. The molecule has 2 N–H and O–H groups in total. The van der Waals surface area contributed by atoms with E-state index in [2.05, 4.69) is 48.3 Å². The summed E-state index contributed by atoms with van der Waals surface area (Å²) >= 11 is 0. The lowest BCUT2D eigenvalue weighted by Gasteiger charge is -2.49. The van der Waals surface area contributed by atoms with Gasteiger partial charge in [0.15, 0.2) is 0 Å². The van der Waals surface area contributed by atoms with Crippen LogP contribution in [0.15, 0.2) is 24.3 Å². The van der Waals surface area contributed by atoms with Crippen molar-refractivity contribution in [3.63, 3.8) is 0 Å². The van der Waals surface area contributed by atoms with Gasteiger partial charge in [-0.25, -0.2) is 0 Å². The molecule has 21 heavy (non-hydrogen) atoms. The standard InChI is InChI=1S/C18H28N2O/c1-18(2)16(12-17(18)21)19-13-14-6-8-15(9-7-14)20-10-4-3-5-11-20/h6-9,16-17,19,21H,3-5,10-13H2,1-2H3. The van der Waals surface area contributed by atoms with Crippen LogP contribution in [0.2, 0.25) is 0 Å². The predicted molar refractivity (Wildman–Crippen MR) is 87.5 cm³/mol. The van der Waals surface area contributed by atoms with Crippen molar-refractivity contribution >= 4 is 5.69 Å². The Morgan fingerprint density at radius 3 is 2.38 bits per heavy atom. The number of rotatable bonds is 4. The van der Waals surface area contributed by atoms with Gasteiger partial charge in [-0.1, -0.05) is 26.0 Å². The maximum absolute atomic E-state index is 9.78. The lowest BCUT2D eigenvalue weighted by atomic mass is 9.64. The van der Waals surface area contributed by atoms with Crippen molar-refractivity contribution in [2.45, 2.75) is 58.2 Å². The van der Waals surface area contributed by atoms with Crippen LogP contribution in [0.4, 0.5) is 5.69 Å². The summed E-state index contributed by atoms with van der Waals surface area (Å²) in [6, 6.07) is 9.40. The third-order valence-corrected chi connectivity index (χ3v) is 5.43. The topological polar surface area (TPSA) is 35.5 Å². The molecule has 1 aliphatic carbocycles. The first-order valence-electron chi connectivity index (χ1n) is 8.33. The molecular weight excluding hydrogens is 260 g/mol. The number of nitrogens with zero attached hydrogens (tertiary/aromatic N) is 1.